The maximum atomic E-state index is 13.6. The molecule has 0 fully saturated rings. The van der Waals surface area contributed by atoms with Crippen LogP contribution in [0, 0.1) is 5.92 Å². The number of halogens is 2. The van der Waals surface area contributed by atoms with Crippen molar-refractivity contribution in [3.8, 4) is 0 Å². The fraction of sp³-hybridized carbons (Fsp3) is 0.292. The molecule has 8 heteroatoms. The highest BCUT2D eigenvalue weighted by molar-refractivity contribution is 6.42. The molecule has 0 saturated carbocycles. The number of rotatable bonds is 4. The maximum absolute atomic E-state index is 13.6. The molecule has 1 aliphatic rings. The zero-order valence-electron chi connectivity index (χ0n) is 17.7. The minimum Gasteiger partial charge on any atom is -0.361 e. The molecule has 2 aromatic carbocycles. The molecule has 0 bridgehead atoms. The average Bonchev–Trinajstić information content (AvgIpc) is 3.15. The number of carbonyl (C=O) groups is 1. The van der Waals surface area contributed by atoms with Gasteiger partial charge in [0.2, 0.25) is 5.91 Å². The Hall–Kier alpha value is -2.83. The number of para-hydroxylation sites is 1. The number of aromatic amines is 1. The predicted molar refractivity (Wildman–Crippen MR) is 127 cm³/mol. The van der Waals surface area contributed by atoms with Gasteiger partial charge in [0.1, 0.15) is 11.9 Å². The molecule has 2 N–H and O–H groups in total. The van der Waals surface area contributed by atoms with Crippen LogP contribution >= 0.6 is 23.2 Å². The van der Waals surface area contributed by atoms with E-state index in [0.717, 1.165) is 16.5 Å². The molecule has 0 spiro atoms. The molecule has 0 radical (unpaired) electrons. The predicted octanol–water partition coefficient (Wildman–Crippen LogP) is 5.19. The van der Waals surface area contributed by atoms with Crippen LogP contribution in [0.2, 0.25) is 10.0 Å². The lowest BCUT2D eigenvalue weighted by Gasteiger charge is -2.33. The Bertz CT molecular complexity index is 1420. The number of aromatic nitrogens is 3. The molecule has 6 nitrogen and oxygen atoms in total. The van der Waals surface area contributed by atoms with Crippen molar-refractivity contribution < 1.29 is 4.79 Å². The van der Waals surface area contributed by atoms with Crippen molar-refractivity contribution in [3.63, 3.8) is 0 Å². The first-order valence-corrected chi connectivity index (χ1v) is 11.4. The highest BCUT2D eigenvalue weighted by Gasteiger charge is 2.36. The third-order valence-corrected chi connectivity index (χ3v) is 6.73. The molecule has 0 aliphatic carbocycles. The number of H-pyrrole nitrogens is 1. The van der Waals surface area contributed by atoms with E-state index in [1.165, 1.54) is 6.07 Å². The molecule has 3 heterocycles. The Morgan fingerprint density at radius 1 is 1.09 bits per heavy atom. The van der Waals surface area contributed by atoms with Gasteiger partial charge in [0.25, 0.3) is 5.56 Å². The molecular weight excluding hydrogens is 447 g/mol. The summed E-state index contributed by atoms with van der Waals surface area (Å²) < 4.78 is 1.56. The quantitative estimate of drug-likeness (QED) is 0.432. The van der Waals surface area contributed by atoms with Gasteiger partial charge in [-0.3, -0.25) is 14.2 Å². The second-order valence-corrected chi connectivity index (χ2v) is 9.51. The number of hydrogen-bond acceptors (Lipinski definition) is 3. The van der Waals surface area contributed by atoms with Gasteiger partial charge < -0.3 is 10.3 Å². The Labute approximate surface area is 194 Å². The number of hydrogen-bond donors (Lipinski definition) is 2. The number of fused-ring (bicyclic) bond motifs is 3. The summed E-state index contributed by atoms with van der Waals surface area (Å²) in [7, 11) is 0. The van der Waals surface area contributed by atoms with Crippen LogP contribution in [-0.2, 0) is 11.2 Å². The number of amides is 1. The van der Waals surface area contributed by atoms with Gasteiger partial charge in [0.15, 0.2) is 0 Å². The summed E-state index contributed by atoms with van der Waals surface area (Å²) in [6, 6.07) is 9.98. The fourth-order valence-corrected chi connectivity index (χ4v) is 4.86. The number of nitrogens with one attached hydrogen (secondary N) is 2. The van der Waals surface area contributed by atoms with E-state index in [1.54, 1.807) is 10.6 Å². The summed E-state index contributed by atoms with van der Waals surface area (Å²) in [4.78, 5) is 34.9. The first-order valence-electron chi connectivity index (χ1n) is 10.6. The van der Waals surface area contributed by atoms with Crippen LogP contribution in [0.1, 0.15) is 43.7 Å². The molecule has 0 saturated heterocycles. The van der Waals surface area contributed by atoms with Crippen LogP contribution in [0.5, 0.6) is 0 Å². The van der Waals surface area contributed by atoms with Crippen LogP contribution in [0.15, 0.2) is 47.4 Å². The van der Waals surface area contributed by atoms with Crippen molar-refractivity contribution in [2.45, 2.75) is 38.8 Å². The first kappa shape index (κ1) is 21.0. The summed E-state index contributed by atoms with van der Waals surface area (Å²) >= 11 is 12.4. The highest BCUT2D eigenvalue weighted by atomic mass is 35.5. The molecule has 164 valence electrons. The van der Waals surface area contributed by atoms with Gasteiger partial charge in [-0.1, -0.05) is 55.2 Å². The second kappa shape index (κ2) is 7.94. The van der Waals surface area contributed by atoms with E-state index < -0.39 is 6.04 Å². The Balaban J connectivity index is 1.71. The van der Waals surface area contributed by atoms with Gasteiger partial charge in [0.05, 0.1) is 27.0 Å². The fourth-order valence-electron chi connectivity index (χ4n) is 4.54. The first-order chi connectivity index (χ1) is 15.3. The zero-order valence-corrected chi connectivity index (χ0v) is 19.2. The average molecular weight is 469 g/mol. The maximum Gasteiger partial charge on any atom is 0.262 e. The smallest absolute Gasteiger partial charge is 0.262 e. The van der Waals surface area contributed by atoms with E-state index in [2.05, 4.69) is 24.1 Å². The van der Waals surface area contributed by atoms with Gasteiger partial charge in [-0.05, 0) is 36.1 Å². The Morgan fingerprint density at radius 2 is 1.84 bits per heavy atom. The van der Waals surface area contributed by atoms with E-state index in [4.69, 9.17) is 28.2 Å². The minimum atomic E-state index is -0.716. The molecule has 5 rings (SSSR count). The molecular formula is C24H22Cl2N4O2. The van der Waals surface area contributed by atoms with Crippen molar-refractivity contribution in [2.24, 2.45) is 5.92 Å². The van der Waals surface area contributed by atoms with Crippen LogP contribution in [0.3, 0.4) is 0 Å². The van der Waals surface area contributed by atoms with Crippen LogP contribution in [0.4, 0.5) is 0 Å². The van der Waals surface area contributed by atoms with Crippen LogP contribution < -0.4 is 10.9 Å². The number of benzene rings is 2. The van der Waals surface area contributed by atoms with E-state index >= 15 is 0 Å². The molecule has 1 aliphatic heterocycles. The highest BCUT2D eigenvalue weighted by Crippen LogP contribution is 2.32. The Kier molecular flexibility index (Phi) is 5.22. The van der Waals surface area contributed by atoms with E-state index in [1.807, 2.05) is 30.5 Å². The van der Waals surface area contributed by atoms with Gasteiger partial charge >= 0.3 is 0 Å². The molecule has 0 unspecified atom stereocenters. The SMILES string of the molecule is CC(C)C[C@@H]1NC(=O)[C@@H](Cc2c[nH]c3ccccc23)n2c1nc1cc(Cl)c(Cl)cc1c2=O. The van der Waals surface area contributed by atoms with Gasteiger partial charge in [0, 0.05) is 23.5 Å². The third-order valence-electron chi connectivity index (χ3n) is 6.01. The van der Waals surface area contributed by atoms with Crippen molar-refractivity contribution in [3.05, 3.63) is 74.4 Å². The lowest BCUT2D eigenvalue weighted by molar-refractivity contribution is -0.126. The van der Waals surface area contributed by atoms with Crippen molar-refractivity contribution in [1.29, 1.82) is 0 Å². The molecule has 4 aromatic rings. The van der Waals surface area contributed by atoms with Crippen molar-refractivity contribution in [2.75, 3.05) is 0 Å². The molecule has 32 heavy (non-hydrogen) atoms. The Morgan fingerprint density at radius 3 is 2.62 bits per heavy atom. The lowest BCUT2D eigenvalue weighted by atomic mass is 9.96. The summed E-state index contributed by atoms with van der Waals surface area (Å²) in [5.41, 5.74) is 2.15. The largest absolute Gasteiger partial charge is 0.361 e. The topological polar surface area (TPSA) is 79.8 Å². The standard InChI is InChI=1S/C24H22Cl2N4O2/c1-12(2)7-20-22-28-19-10-17(26)16(25)9-15(19)24(32)30(22)21(23(31)29-20)8-13-11-27-18-6-4-3-5-14(13)18/h3-6,9-12,20-21,27H,7-8H2,1-2H3,(H,29,31)/t20-,21+/m0/s1. The molecule has 2 atom stereocenters. The van der Waals surface area contributed by atoms with E-state index in [-0.39, 0.29) is 22.5 Å². The molecule has 2 aromatic heterocycles. The van der Waals surface area contributed by atoms with Gasteiger partial charge in [-0.15, -0.1) is 0 Å². The summed E-state index contributed by atoms with van der Waals surface area (Å²) in [6.07, 6.45) is 2.93. The minimum absolute atomic E-state index is 0.184. The second-order valence-electron chi connectivity index (χ2n) is 8.70. The summed E-state index contributed by atoms with van der Waals surface area (Å²) in [5, 5.41) is 5.11. The summed E-state index contributed by atoms with van der Waals surface area (Å²) in [5.74, 6) is 0.677. The van der Waals surface area contributed by atoms with Crippen molar-refractivity contribution >= 4 is 50.9 Å². The van der Waals surface area contributed by atoms with Crippen molar-refractivity contribution in [1.82, 2.24) is 19.9 Å². The van der Waals surface area contributed by atoms with E-state index in [0.29, 0.717) is 40.5 Å². The zero-order chi connectivity index (χ0) is 22.6. The summed E-state index contributed by atoms with van der Waals surface area (Å²) in [6.45, 7) is 4.15. The number of nitrogens with zero attached hydrogens (tertiary/aromatic N) is 2. The van der Waals surface area contributed by atoms with Gasteiger partial charge in [-0.2, -0.15) is 0 Å². The monoisotopic (exact) mass is 468 g/mol. The third kappa shape index (κ3) is 3.48. The van der Waals surface area contributed by atoms with Crippen LogP contribution in [0.25, 0.3) is 21.8 Å². The molecule has 1 amide bonds. The van der Waals surface area contributed by atoms with Crippen LogP contribution in [-0.4, -0.2) is 20.4 Å². The number of carbonyl (C=O) groups excluding carboxylic acids is 1. The lowest BCUT2D eigenvalue weighted by Crippen LogP contribution is -2.48. The normalized spacial score (nSPS) is 18.3. The van der Waals surface area contributed by atoms with E-state index in [9.17, 15) is 9.59 Å². The van der Waals surface area contributed by atoms with Gasteiger partial charge in [-0.25, -0.2) is 4.98 Å².